The highest BCUT2D eigenvalue weighted by atomic mass is 35.5. The summed E-state index contributed by atoms with van der Waals surface area (Å²) in [5.41, 5.74) is -0.958. The van der Waals surface area contributed by atoms with Gasteiger partial charge in [-0.2, -0.15) is 13.2 Å². The van der Waals surface area contributed by atoms with Gasteiger partial charge in [0.25, 0.3) is 5.92 Å². The summed E-state index contributed by atoms with van der Waals surface area (Å²) >= 11 is 0. The van der Waals surface area contributed by atoms with Crippen LogP contribution in [0.2, 0.25) is 0 Å². The summed E-state index contributed by atoms with van der Waals surface area (Å²) in [6.45, 7) is 0.772. The van der Waals surface area contributed by atoms with Crippen molar-refractivity contribution in [3.05, 3.63) is 35.4 Å². The predicted octanol–water partition coefficient (Wildman–Crippen LogP) is 3.30. The van der Waals surface area contributed by atoms with Gasteiger partial charge in [-0.15, -0.1) is 12.4 Å². The quantitative estimate of drug-likeness (QED) is 0.814. The van der Waals surface area contributed by atoms with E-state index in [4.69, 9.17) is 0 Å². The molecule has 0 spiro atoms. The summed E-state index contributed by atoms with van der Waals surface area (Å²) in [6, 6.07) is 2.80. The second kappa shape index (κ2) is 7.00. The minimum absolute atomic E-state index is 0. The Morgan fingerprint density at radius 1 is 1.35 bits per heavy atom. The van der Waals surface area contributed by atoms with E-state index >= 15 is 0 Å². The van der Waals surface area contributed by atoms with Crippen LogP contribution in [0.25, 0.3) is 0 Å². The van der Waals surface area contributed by atoms with Crippen molar-refractivity contribution in [1.82, 2.24) is 10.6 Å². The Hall–Kier alpha value is -1.41. The number of halogens is 6. The fourth-order valence-electron chi connectivity index (χ4n) is 2.43. The standard InChI is InChI=1S/C14H15F5N2O.ClH/c1-8(9-4-2-3-5-10(9)14(17,18)19)21-12(22)11-6-13(15,16)7-20-11;/h2-5,8,11,20H,6-7H2,1H3,(H,21,22);1H. The van der Waals surface area contributed by atoms with Crippen molar-refractivity contribution in [2.75, 3.05) is 6.54 Å². The zero-order chi connectivity index (χ0) is 16.5. The van der Waals surface area contributed by atoms with Gasteiger partial charge in [-0.3, -0.25) is 10.1 Å². The zero-order valence-electron chi connectivity index (χ0n) is 12.1. The van der Waals surface area contributed by atoms with E-state index in [0.717, 1.165) is 6.07 Å². The fourth-order valence-corrected chi connectivity index (χ4v) is 2.43. The molecule has 2 unspecified atom stereocenters. The molecule has 2 N–H and O–H groups in total. The Balaban J connectivity index is 0.00000264. The molecule has 2 atom stereocenters. The molecule has 1 aromatic rings. The number of carbonyl (C=O) groups is 1. The lowest BCUT2D eigenvalue weighted by Crippen LogP contribution is -2.41. The molecule has 0 bridgehead atoms. The van der Waals surface area contributed by atoms with Crippen LogP contribution in [-0.2, 0) is 11.0 Å². The molecule has 0 radical (unpaired) electrons. The molecule has 2 rings (SSSR count). The second-order valence-corrected chi connectivity index (χ2v) is 5.31. The van der Waals surface area contributed by atoms with Gasteiger partial charge in [-0.05, 0) is 18.6 Å². The third kappa shape index (κ3) is 4.78. The van der Waals surface area contributed by atoms with E-state index in [9.17, 15) is 26.7 Å². The number of amides is 1. The van der Waals surface area contributed by atoms with Crippen LogP contribution in [0, 0.1) is 0 Å². The number of nitrogens with one attached hydrogen (secondary N) is 2. The number of alkyl halides is 5. The number of benzene rings is 1. The van der Waals surface area contributed by atoms with Crippen LogP contribution in [-0.4, -0.2) is 24.4 Å². The monoisotopic (exact) mass is 358 g/mol. The maximum Gasteiger partial charge on any atom is 0.416 e. The Kier molecular flexibility index (Phi) is 5.98. The van der Waals surface area contributed by atoms with Crippen LogP contribution in [0.3, 0.4) is 0 Å². The Labute approximate surface area is 136 Å². The minimum Gasteiger partial charge on any atom is -0.348 e. The highest BCUT2D eigenvalue weighted by molar-refractivity contribution is 5.85. The van der Waals surface area contributed by atoms with Gasteiger partial charge in [0.1, 0.15) is 0 Å². The van der Waals surface area contributed by atoms with E-state index in [1.807, 2.05) is 0 Å². The van der Waals surface area contributed by atoms with Gasteiger partial charge in [0.05, 0.1) is 24.2 Å². The highest BCUT2D eigenvalue weighted by Gasteiger charge is 2.42. The first kappa shape index (κ1) is 19.6. The molecule has 23 heavy (non-hydrogen) atoms. The molecule has 0 aromatic heterocycles. The van der Waals surface area contributed by atoms with Crippen LogP contribution in [0.4, 0.5) is 22.0 Å². The van der Waals surface area contributed by atoms with Crippen molar-refractivity contribution in [2.45, 2.75) is 37.5 Å². The first-order valence-electron chi connectivity index (χ1n) is 6.68. The fraction of sp³-hybridized carbons (Fsp3) is 0.500. The maximum absolute atomic E-state index is 13.0. The van der Waals surface area contributed by atoms with E-state index in [1.165, 1.54) is 25.1 Å². The number of hydrogen-bond donors (Lipinski definition) is 2. The lowest BCUT2D eigenvalue weighted by molar-refractivity contribution is -0.138. The van der Waals surface area contributed by atoms with Crippen LogP contribution in [0.1, 0.15) is 30.5 Å². The molecule has 0 aliphatic carbocycles. The highest BCUT2D eigenvalue weighted by Crippen LogP contribution is 2.34. The van der Waals surface area contributed by atoms with Crippen LogP contribution in [0.5, 0.6) is 0 Å². The third-order valence-electron chi connectivity index (χ3n) is 3.52. The van der Waals surface area contributed by atoms with Crippen molar-refractivity contribution in [3.8, 4) is 0 Å². The topological polar surface area (TPSA) is 41.1 Å². The summed E-state index contributed by atoms with van der Waals surface area (Å²) in [4.78, 5) is 11.9. The maximum atomic E-state index is 13.0. The van der Waals surface area contributed by atoms with Gasteiger partial charge in [-0.25, -0.2) is 8.78 Å². The zero-order valence-corrected chi connectivity index (χ0v) is 12.9. The summed E-state index contributed by atoms with van der Waals surface area (Å²) < 4.78 is 64.9. The molecular weight excluding hydrogens is 343 g/mol. The average Bonchev–Trinajstić information content (AvgIpc) is 2.78. The molecule has 1 amide bonds. The predicted molar refractivity (Wildman–Crippen MR) is 76.6 cm³/mol. The van der Waals surface area contributed by atoms with Crippen LogP contribution >= 0.6 is 12.4 Å². The van der Waals surface area contributed by atoms with Crippen molar-refractivity contribution in [3.63, 3.8) is 0 Å². The number of hydrogen-bond acceptors (Lipinski definition) is 2. The lowest BCUT2D eigenvalue weighted by Gasteiger charge is -2.21. The summed E-state index contributed by atoms with van der Waals surface area (Å²) in [7, 11) is 0. The van der Waals surface area contributed by atoms with Crippen molar-refractivity contribution in [1.29, 1.82) is 0 Å². The van der Waals surface area contributed by atoms with Gasteiger partial charge in [0.2, 0.25) is 5.91 Å². The first-order chi connectivity index (χ1) is 10.1. The number of rotatable bonds is 3. The SMILES string of the molecule is CC(NC(=O)C1CC(F)(F)CN1)c1ccccc1C(F)(F)F.Cl. The van der Waals surface area contributed by atoms with Crippen molar-refractivity contribution in [2.24, 2.45) is 0 Å². The molecule has 130 valence electrons. The van der Waals surface area contributed by atoms with E-state index < -0.39 is 48.6 Å². The minimum atomic E-state index is -4.55. The molecule has 9 heteroatoms. The lowest BCUT2D eigenvalue weighted by atomic mass is 10.0. The Morgan fingerprint density at radius 2 is 1.96 bits per heavy atom. The van der Waals surface area contributed by atoms with Gasteiger partial charge < -0.3 is 5.32 Å². The van der Waals surface area contributed by atoms with Gasteiger partial charge in [-0.1, -0.05) is 18.2 Å². The molecular formula is C14H16ClF5N2O. The normalized spacial score (nSPS) is 21.4. The van der Waals surface area contributed by atoms with Gasteiger partial charge in [0, 0.05) is 6.42 Å². The summed E-state index contributed by atoms with van der Waals surface area (Å²) in [5, 5.41) is 4.72. The van der Waals surface area contributed by atoms with Crippen molar-refractivity contribution >= 4 is 18.3 Å². The smallest absolute Gasteiger partial charge is 0.348 e. The van der Waals surface area contributed by atoms with Gasteiger partial charge >= 0.3 is 6.18 Å². The van der Waals surface area contributed by atoms with E-state index in [0.29, 0.717) is 0 Å². The number of carbonyl (C=O) groups excluding carboxylic acids is 1. The molecule has 1 fully saturated rings. The van der Waals surface area contributed by atoms with E-state index in [-0.39, 0.29) is 18.0 Å². The third-order valence-corrected chi connectivity index (χ3v) is 3.52. The van der Waals surface area contributed by atoms with E-state index in [1.54, 1.807) is 0 Å². The molecule has 1 heterocycles. The summed E-state index contributed by atoms with van der Waals surface area (Å²) in [6.07, 6.45) is -5.21. The van der Waals surface area contributed by atoms with Crippen LogP contribution < -0.4 is 10.6 Å². The van der Waals surface area contributed by atoms with Gasteiger partial charge in [0.15, 0.2) is 0 Å². The molecule has 1 saturated heterocycles. The Bertz CT molecular complexity index is 564. The van der Waals surface area contributed by atoms with E-state index in [2.05, 4.69) is 10.6 Å². The average molecular weight is 359 g/mol. The molecule has 1 aromatic carbocycles. The second-order valence-electron chi connectivity index (χ2n) is 5.31. The largest absolute Gasteiger partial charge is 0.416 e. The summed E-state index contributed by atoms with van der Waals surface area (Å²) in [5.74, 6) is -3.71. The van der Waals surface area contributed by atoms with Crippen LogP contribution in [0.15, 0.2) is 24.3 Å². The Morgan fingerprint density at radius 3 is 2.48 bits per heavy atom. The van der Waals surface area contributed by atoms with Crippen molar-refractivity contribution < 1.29 is 26.7 Å². The molecule has 0 saturated carbocycles. The first-order valence-corrected chi connectivity index (χ1v) is 6.68. The molecule has 1 aliphatic rings. The molecule has 1 aliphatic heterocycles. The molecule has 3 nitrogen and oxygen atoms in total.